The van der Waals surface area contributed by atoms with E-state index >= 15 is 0 Å². The minimum Gasteiger partial charge on any atom is -0.464 e. The molecule has 0 fully saturated rings. The average molecular weight is 350 g/mol. The molecule has 6 nitrogen and oxygen atoms in total. The lowest BCUT2D eigenvalue weighted by molar-refractivity contribution is -0.121. The molecule has 0 radical (unpaired) electrons. The Hall–Kier alpha value is -2.12. The third-order valence-electron chi connectivity index (χ3n) is 3.71. The van der Waals surface area contributed by atoms with E-state index in [4.69, 9.17) is 4.42 Å². The summed E-state index contributed by atoms with van der Waals surface area (Å²) in [6, 6.07) is 10.0. The summed E-state index contributed by atoms with van der Waals surface area (Å²) in [5.41, 5.74) is 0.904. The number of carbonyl (C=O) groups excluding carboxylic acids is 1. The van der Waals surface area contributed by atoms with Crippen molar-refractivity contribution in [2.75, 3.05) is 7.05 Å². The molecular weight excluding hydrogens is 328 g/mol. The van der Waals surface area contributed by atoms with Gasteiger partial charge in [-0.05, 0) is 57.1 Å². The van der Waals surface area contributed by atoms with Crippen molar-refractivity contribution >= 4 is 15.9 Å². The molecule has 0 bridgehead atoms. The highest BCUT2D eigenvalue weighted by atomic mass is 32.2. The number of benzene rings is 1. The SMILES string of the molecule is CNS(=O)(=O)c1ccc(CCC(=O)NC(C)c2ccc(C)o2)cc1. The van der Waals surface area contributed by atoms with E-state index in [2.05, 4.69) is 10.0 Å². The van der Waals surface area contributed by atoms with Gasteiger partial charge in [0, 0.05) is 6.42 Å². The second-order valence-corrected chi connectivity index (χ2v) is 7.48. The van der Waals surface area contributed by atoms with E-state index in [0.717, 1.165) is 17.1 Å². The molecule has 0 saturated carbocycles. The monoisotopic (exact) mass is 350 g/mol. The van der Waals surface area contributed by atoms with Crippen LogP contribution in [0.3, 0.4) is 0 Å². The average Bonchev–Trinajstić information content (AvgIpc) is 3.00. The summed E-state index contributed by atoms with van der Waals surface area (Å²) in [6.07, 6.45) is 0.859. The van der Waals surface area contributed by atoms with E-state index < -0.39 is 10.0 Å². The molecule has 1 heterocycles. The third-order valence-corrected chi connectivity index (χ3v) is 5.14. The fraction of sp³-hybridized carbons (Fsp3) is 0.353. The van der Waals surface area contributed by atoms with E-state index in [-0.39, 0.29) is 16.8 Å². The number of hydrogen-bond acceptors (Lipinski definition) is 4. The Labute approximate surface area is 142 Å². The number of sulfonamides is 1. The van der Waals surface area contributed by atoms with Gasteiger partial charge in [0.25, 0.3) is 0 Å². The van der Waals surface area contributed by atoms with Crippen LogP contribution in [0, 0.1) is 6.92 Å². The normalized spacial score (nSPS) is 12.8. The summed E-state index contributed by atoms with van der Waals surface area (Å²) >= 11 is 0. The van der Waals surface area contributed by atoms with E-state index in [9.17, 15) is 13.2 Å². The van der Waals surface area contributed by atoms with E-state index in [0.29, 0.717) is 12.8 Å². The third kappa shape index (κ3) is 4.69. The lowest BCUT2D eigenvalue weighted by Gasteiger charge is -2.11. The minimum absolute atomic E-state index is 0.0801. The smallest absolute Gasteiger partial charge is 0.240 e. The second kappa shape index (κ2) is 7.63. The van der Waals surface area contributed by atoms with Crippen LogP contribution in [0.25, 0.3) is 0 Å². The Kier molecular flexibility index (Phi) is 5.80. The molecule has 7 heteroatoms. The lowest BCUT2D eigenvalue weighted by Crippen LogP contribution is -2.26. The van der Waals surface area contributed by atoms with Crippen molar-refractivity contribution in [3.05, 3.63) is 53.5 Å². The van der Waals surface area contributed by atoms with Crippen LogP contribution >= 0.6 is 0 Å². The maximum Gasteiger partial charge on any atom is 0.240 e. The lowest BCUT2D eigenvalue weighted by atomic mass is 10.1. The van der Waals surface area contributed by atoms with E-state index in [1.807, 2.05) is 26.0 Å². The fourth-order valence-corrected chi connectivity index (χ4v) is 3.01. The van der Waals surface area contributed by atoms with Crippen LogP contribution in [-0.2, 0) is 21.2 Å². The summed E-state index contributed by atoms with van der Waals surface area (Å²) in [7, 11) is -2.06. The number of nitrogens with one attached hydrogen (secondary N) is 2. The van der Waals surface area contributed by atoms with Gasteiger partial charge >= 0.3 is 0 Å². The van der Waals surface area contributed by atoms with Gasteiger partial charge in [0.15, 0.2) is 0 Å². The van der Waals surface area contributed by atoms with Gasteiger partial charge in [0.05, 0.1) is 10.9 Å². The van der Waals surface area contributed by atoms with Gasteiger partial charge in [0.2, 0.25) is 15.9 Å². The highest BCUT2D eigenvalue weighted by Crippen LogP contribution is 2.16. The van der Waals surface area contributed by atoms with Gasteiger partial charge in [-0.2, -0.15) is 0 Å². The fourth-order valence-electron chi connectivity index (χ4n) is 2.28. The number of carbonyl (C=O) groups is 1. The van der Waals surface area contributed by atoms with Gasteiger partial charge in [-0.15, -0.1) is 0 Å². The van der Waals surface area contributed by atoms with E-state index in [1.54, 1.807) is 12.1 Å². The quantitative estimate of drug-likeness (QED) is 0.802. The number of amides is 1. The first-order valence-electron chi connectivity index (χ1n) is 7.70. The van der Waals surface area contributed by atoms with Gasteiger partial charge in [-0.25, -0.2) is 13.1 Å². The van der Waals surface area contributed by atoms with Crippen LogP contribution in [0.1, 0.15) is 36.5 Å². The zero-order valence-electron chi connectivity index (χ0n) is 14.0. The van der Waals surface area contributed by atoms with Crippen molar-refractivity contribution in [1.82, 2.24) is 10.0 Å². The highest BCUT2D eigenvalue weighted by Gasteiger charge is 2.13. The second-order valence-electron chi connectivity index (χ2n) is 5.59. The first-order valence-corrected chi connectivity index (χ1v) is 9.18. The molecule has 0 aliphatic heterocycles. The molecule has 1 aromatic carbocycles. The van der Waals surface area contributed by atoms with Gasteiger partial charge in [-0.3, -0.25) is 4.79 Å². The van der Waals surface area contributed by atoms with E-state index in [1.165, 1.54) is 19.2 Å². The Morgan fingerprint density at radius 1 is 1.17 bits per heavy atom. The molecule has 1 atom stereocenters. The van der Waals surface area contributed by atoms with Crippen molar-refractivity contribution in [3.8, 4) is 0 Å². The summed E-state index contributed by atoms with van der Waals surface area (Å²) in [5.74, 6) is 1.45. The van der Waals surface area contributed by atoms with Crippen molar-refractivity contribution in [2.24, 2.45) is 0 Å². The van der Waals surface area contributed by atoms with Crippen LogP contribution in [0.4, 0.5) is 0 Å². The summed E-state index contributed by atoms with van der Waals surface area (Å²) in [4.78, 5) is 12.2. The molecule has 0 aliphatic rings. The van der Waals surface area contributed by atoms with Crippen molar-refractivity contribution in [2.45, 2.75) is 37.6 Å². The zero-order valence-corrected chi connectivity index (χ0v) is 14.8. The van der Waals surface area contributed by atoms with Crippen LogP contribution in [0.15, 0.2) is 45.7 Å². The topological polar surface area (TPSA) is 88.4 Å². The number of aryl methyl sites for hydroxylation is 2. The molecule has 2 N–H and O–H groups in total. The molecule has 2 aromatic rings. The highest BCUT2D eigenvalue weighted by molar-refractivity contribution is 7.89. The molecule has 1 aromatic heterocycles. The van der Waals surface area contributed by atoms with Crippen LogP contribution in [0.2, 0.25) is 0 Å². The van der Waals surface area contributed by atoms with Gasteiger partial charge in [0.1, 0.15) is 11.5 Å². The summed E-state index contributed by atoms with van der Waals surface area (Å²) < 4.78 is 31.1. The predicted molar refractivity (Wildman–Crippen MR) is 91.0 cm³/mol. The van der Waals surface area contributed by atoms with Crippen molar-refractivity contribution < 1.29 is 17.6 Å². The Morgan fingerprint density at radius 2 is 1.83 bits per heavy atom. The first kappa shape index (κ1) is 18.2. The Morgan fingerprint density at radius 3 is 2.38 bits per heavy atom. The molecule has 1 amide bonds. The number of rotatable bonds is 7. The standard InChI is InChI=1S/C17H22N2O4S/c1-12-4-10-16(23-12)13(2)19-17(20)11-7-14-5-8-15(9-6-14)24(21,22)18-3/h4-6,8-10,13,18H,7,11H2,1-3H3,(H,19,20). The molecule has 0 saturated heterocycles. The molecule has 2 rings (SSSR count). The van der Waals surface area contributed by atoms with Crippen molar-refractivity contribution in [1.29, 1.82) is 0 Å². The Balaban J connectivity index is 1.87. The largest absolute Gasteiger partial charge is 0.464 e. The Bertz CT molecular complexity index is 794. The molecule has 1 unspecified atom stereocenters. The summed E-state index contributed by atoms with van der Waals surface area (Å²) in [5, 5.41) is 2.89. The first-order chi connectivity index (χ1) is 11.3. The number of furan rings is 1. The molecule has 24 heavy (non-hydrogen) atoms. The number of hydrogen-bond donors (Lipinski definition) is 2. The summed E-state index contributed by atoms with van der Waals surface area (Å²) in [6.45, 7) is 3.73. The predicted octanol–water partition coefficient (Wildman–Crippen LogP) is 2.31. The zero-order chi connectivity index (χ0) is 17.7. The van der Waals surface area contributed by atoms with Gasteiger partial charge in [-0.1, -0.05) is 12.1 Å². The van der Waals surface area contributed by atoms with Crippen molar-refractivity contribution in [3.63, 3.8) is 0 Å². The molecule has 130 valence electrons. The van der Waals surface area contributed by atoms with Crippen LogP contribution < -0.4 is 10.0 Å². The molecule has 0 spiro atoms. The molecular formula is C17H22N2O4S. The van der Waals surface area contributed by atoms with Gasteiger partial charge < -0.3 is 9.73 Å². The van der Waals surface area contributed by atoms with Crippen LogP contribution in [0.5, 0.6) is 0 Å². The maximum absolute atomic E-state index is 12.0. The minimum atomic E-state index is -3.43. The maximum atomic E-state index is 12.0. The molecule has 0 aliphatic carbocycles. The van der Waals surface area contributed by atoms with Crippen LogP contribution in [-0.4, -0.2) is 21.4 Å².